The molecule has 0 unspecified atom stereocenters. The summed E-state index contributed by atoms with van der Waals surface area (Å²) in [5, 5.41) is 3.63. The van der Waals surface area contributed by atoms with Gasteiger partial charge < -0.3 is 9.42 Å². The Kier molecular flexibility index (Phi) is 6.32. The van der Waals surface area contributed by atoms with Crippen LogP contribution in [0.1, 0.15) is 17.5 Å². The minimum absolute atomic E-state index is 0.0469. The number of carbonyl (C=O) groups excluding carboxylic acids is 1. The highest BCUT2D eigenvalue weighted by Crippen LogP contribution is 2.32. The third kappa shape index (κ3) is 5.41. The number of aromatic nitrogens is 2. The van der Waals surface area contributed by atoms with Crippen LogP contribution in [-0.2, 0) is 17.4 Å². The molecule has 3 aromatic rings. The number of nitrogens with zero attached hydrogens (tertiary/aromatic N) is 3. The average Bonchev–Trinajstić information content (AvgIpc) is 3.19. The normalized spacial score (nSPS) is 12.1. The Bertz CT molecular complexity index is 1010. The number of anilines is 1. The summed E-state index contributed by atoms with van der Waals surface area (Å²) in [6.07, 6.45) is -5.33. The van der Waals surface area contributed by atoms with Crippen LogP contribution in [0.3, 0.4) is 0 Å². The molecule has 0 atom stereocenters. The predicted molar refractivity (Wildman–Crippen MR) is 97.9 cm³/mol. The molecule has 1 aromatic carbocycles. The molecule has 2 heterocycles. The number of amides is 1. The fraction of sp³-hybridized carbons (Fsp3) is 0.250. The molecule has 0 saturated carbocycles. The van der Waals surface area contributed by atoms with Crippen molar-refractivity contribution in [3.63, 3.8) is 0 Å². The van der Waals surface area contributed by atoms with Crippen LogP contribution in [-0.4, -0.2) is 28.8 Å². The van der Waals surface area contributed by atoms with Gasteiger partial charge in [0.25, 0.3) is 0 Å². The first-order valence-corrected chi connectivity index (χ1v) is 8.97. The van der Waals surface area contributed by atoms with Gasteiger partial charge >= 0.3 is 18.3 Å². The fourth-order valence-electron chi connectivity index (χ4n) is 2.94. The van der Waals surface area contributed by atoms with Crippen molar-refractivity contribution in [1.82, 2.24) is 10.1 Å². The van der Waals surface area contributed by atoms with Crippen LogP contribution < -0.4 is 4.90 Å². The Labute approximate surface area is 172 Å². The van der Waals surface area contributed by atoms with Gasteiger partial charge in [-0.1, -0.05) is 17.3 Å². The Morgan fingerprint density at radius 2 is 1.61 bits per heavy atom. The molecule has 0 saturated heterocycles. The lowest BCUT2D eigenvalue weighted by Gasteiger charge is -2.23. The average molecular weight is 443 g/mol. The van der Waals surface area contributed by atoms with Gasteiger partial charge in [0.1, 0.15) is 0 Å². The Morgan fingerprint density at radius 3 is 2.19 bits per heavy atom. The first kappa shape index (κ1) is 22.3. The third-order valence-corrected chi connectivity index (χ3v) is 4.41. The molecule has 0 fully saturated rings. The number of carbonyl (C=O) groups is 1. The van der Waals surface area contributed by atoms with E-state index in [1.165, 1.54) is 42.9 Å². The largest absolute Gasteiger partial charge is 0.471 e. The summed E-state index contributed by atoms with van der Waals surface area (Å²) in [7, 11) is 0. The molecule has 0 N–H and O–H groups in total. The summed E-state index contributed by atoms with van der Waals surface area (Å²) >= 11 is 0. The molecule has 0 aliphatic heterocycles. The molecule has 11 heteroatoms. The van der Waals surface area contributed by atoms with E-state index in [1.54, 1.807) is 0 Å². The highest BCUT2D eigenvalue weighted by Gasteiger charge is 2.42. The van der Waals surface area contributed by atoms with Gasteiger partial charge in [0.2, 0.25) is 0 Å². The lowest BCUT2D eigenvalue weighted by Crippen LogP contribution is -2.42. The molecule has 2 aromatic heterocycles. The molecular weight excluding hydrogens is 428 g/mol. The van der Waals surface area contributed by atoms with Crippen LogP contribution in [0.15, 0.2) is 59.5 Å². The van der Waals surface area contributed by atoms with E-state index >= 15 is 0 Å². The smallest absolute Gasteiger partial charge is 0.356 e. The minimum atomic E-state index is -5.05. The van der Waals surface area contributed by atoms with Gasteiger partial charge in [-0.25, -0.2) is 0 Å². The summed E-state index contributed by atoms with van der Waals surface area (Å²) in [4.78, 5) is 16.1. The van der Waals surface area contributed by atoms with Gasteiger partial charge in [0.15, 0.2) is 5.76 Å². The van der Waals surface area contributed by atoms with Crippen LogP contribution in [0.2, 0.25) is 0 Å². The molecule has 3 rings (SSSR count). The molecule has 0 bridgehead atoms. The summed E-state index contributed by atoms with van der Waals surface area (Å²) in [6, 6.07) is 6.82. The topological polar surface area (TPSA) is 59.2 Å². The van der Waals surface area contributed by atoms with Crippen LogP contribution >= 0.6 is 0 Å². The van der Waals surface area contributed by atoms with Crippen LogP contribution in [0.25, 0.3) is 11.3 Å². The van der Waals surface area contributed by atoms with Crippen molar-refractivity contribution in [2.24, 2.45) is 0 Å². The molecule has 31 heavy (non-hydrogen) atoms. The zero-order valence-corrected chi connectivity index (χ0v) is 15.7. The van der Waals surface area contributed by atoms with Crippen LogP contribution in [0.5, 0.6) is 0 Å². The van der Waals surface area contributed by atoms with Crippen molar-refractivity contribution in [3.05, 3.63) is 66.1 Å². The van der Waals surface area contributed by atoms with Gasteiger partial charge in [-0.3, -0.25) is 9.78 Å². The van der Waals surface area contributed by atoms with E-state index in [2.05, 4.69) is 10.1 Å². The predicted octanol–water partition coefficient (Wildman–Crippen LogP) is 5.28. The van der Waals surface area contributed by atoms with E-state index in [9.17, 15) is 31.1 Å². The highest BCUT2D eigenvalue weighted by atomic mass is 19.4. The molecule has 0 aliphatic rings. The van der Waals surface area contributed by atoms with E-state index in [1.807, 2.05) is 0 Å². The second-order valence-corrected chi connectivity index (χ2v) is 6.52. The van der Waals surface area contributed by atoms with E-state index in [-0.39, 0.29) is 30.8 Å². The Hall–Kier alpha value is -3.37. The van der Waals surface area contributed by atoms with Crippen molar-refractivity contribution >= 4 is 11.6 Å². The standard InChI is InChI=1S/C20H15F6N3O2/c21-19(22,23)15-5-3-13(4-6-15)17-14(12-28-31-17)2-1-11-29(18(30)20(24,25)26)16-7-9-27-10-8-16/h3-10,12H,1-2,11H2. The van der Waals surface area contributed by atoms with Crippen molar-refractivity contribution < 1.29 is 35.7 Å². The first-order valence-electron chi connectivity index (χ1n) is 8.97. The van der Waals surface area contributed by atoms with Crippen molar-refractivity contribution in [2.45, 2.75) is 25.2 Å². The summed E-state index contributed by atoms with van der Waals surface area (Å²) in [5.74, 6) is -1.79. The number of hydrogen-bond acceptors (Lipinski definition) is 4. The van der Waals surface area contributed by atoms with Gasteiger partial charge in [-0.2, -0.15) is 26.3 Å². The fourth-order valence-corrected chi connectivity index (χ4v) is 2.94. The number of hydrogen-bond donors (Lipinski definition) is 0. The molecule has 0 aliphatic carbocycles. The number of benzene rings is 1. The minimum Gasteiger partial charge on any atom is -0.356 e. The summed E-state index contributed by atoms with van der Waals surface area (Å²) in [6.45, 7) is -0.250. The van der Waals surface area contributed by atoms with E-state index in [0.29, 0.717) is 16.0 Å². The number of halogens is 6. The van der Waals surface area contributed by atoms with E-state index in [4.69, 9.17) is 4.52 Å². The highest BCUT2D eigenvalue weighted by molar-refractivity contribution is 5.97. The number of pyridine rings is 1. The lowest BCUT2D eigenvalue weighted by molar-refractivity contribution is -0.170. The van der Waals surface area contributed by atoms with E-state index < -0.39 is 23.8 Å². The van der Waals surface area contributed by atoms with Gasteiger partial charge in [0, 0.05) is 35.8 Å². The molecule has 0 radical (unpaired) electrons. The van der Waals surface area contributed by atoms with Gasteiger partial charge in [-0.05, 0) is 37.1 Å². The third-order valence-electron chi connectivity index (χ3n) is 4.41. The first-order chi connectivity index (χ1) is 14.6. The zero-order chi connectivity index (χ0) is 22.6. The zero-order valence-electron chi connectivity index (χ0n) is 15.7. The maximum absolute atomic E-state index is 13.0. The lowest BCUT2D eigenvalue weighted by atomic mass is 10.0. The number of alkyl halides is 6. The van der Waals surface area contributed by atoms with Crippen molar-refractivity contribution in [2.75, 3.05) is 11.4 Å². The monoisotopic (exact) mass is 443 g/mol. The maximum atomic E-state index is 13.0. The summed E-state index contributed by atoms with van der Waals surface area (Å²) in [5.41, 5.74) is 0.0633. The van der Waals surface area contributed by atoms with Crippen molar-refractivity contribution in [1.29, 1.82) is 0 Å². The van der Waals surface area contributed by atoms with Crippen molar-refractivity contribution in [3.8, 4) is 11.3 Å². The molecule has 164 valence electrons. The van der Waals surface area contributed by atoms with E-state index in [0.717, 1.165) is 12.1 Å². The second kappa shape index (κ2) is 8.78. The number of rotatable bonds is 6. The van der Waals surface area contributed by atoms with Gasteiger partial charge in [-0.15, -0.1) is 0 Å². The number of aryl methyl sites for hydroxylation is 1. The molecule has 0 spiro atoms. The van der Waals surface area contributed by atoms with Gasteiger partial charge in [0.05, 0.1) is 11.8 Å². The van der Waals surface area contributed by atoms with Crippen LogP contribution in [0.4, 0.5) is 32.0 Å². The molecular formula is C20H15F6N3O2. The SMILES string of the molecule is O=C(N(CCCc1cnoc1-c1ccc(C(F)(F)F)cc1)c1ccncc1)C(F)(F)F. The Balaban J connectivity index is 1.73. The molecule has 1 amide bonds. The summed E-state index contributed by atoms with van der Waals surface area (Å²) < 4.78 is 82.2. The van der Waals surface area contributed by atoms with Crippen LogP contribution in [0, 0.1) is 0 Å². The Morgan fingerprint density at radius 1 is 0.968 bits per heavy atom. The second-order valence-electron chi connectivity index (χ2n) is 6.52. The molecule has 5 nitrogen and oxygen atoms in total. The quantitative estimate of drug-likeness (QED) is 0.486. The maximum Gasteiger partial charge on any atom is 0.471 e.